The Morgan fingerprint density at radius 2 is 2.44 bits per heavy atom. The molecule has 1 aromatic carbocycles. The van der Waals surface area contributed by atoms with Crippen LogP contribution in [0.1, 0.15) is 30.5 Å². The van der Waals surface area contributed by atoms with E-state index < -0.39 is 0 Å². The topological polar surface area (TPSA) is 21.3 Å². The van der Waals surface area contributed by atoms with E-state index in [4.69, 9.17) is 11.2 Å². The number of benzene rings is 1. The van der Waals surface area contributed by atoms with E-state index in [0.717, 1.165) is 31.7 Å². The molecule has 0 aromatic heterocycles. The van der Waals surface area contributed by atoms with E-state index in [-0.39, 0.29) is 6.04 Å². The summed E-state index contributed by atoms with van der Waals surface area (Å²) in [5.41, 5.74) is 2.44. The van der Waals surface area contributed by atoms with Gasteiger partial charge in [-0.2, -0.15) is 0 Å². The molecule has 1 aromatic rings. The van der Waals surface area contributed by atoms with Gasteiger partial charge in [0, 0.05) is 6.42 Å². The third-order valence-corrected chi connectivity index (χ3v) is 2.81. The number of nitrogens with one attached hydrogen (secondary N) is 1. The van der Waals surface area contributed by atoms with Crippen LogP contribution in [0.25, 0.3) is 0 Å². The van der Waals surface area contributed by atoms with Crippen molar-refractivity contribution in [2.24, 2.45) is 0 Å². The second kappa shape index (κ2) is 5.05. The Hall–Kier alpha value is -1.46. The van der Waals surface area contributed by atoms with Crippen LogP contribution in [0.2, 0.25) is 0 Å². The molecule has 16 heavy (non-hydrogen) atoms. The highest BCUT2D eigenvalue weighted by atomic mass is 16.5. The Kier molecular flexibility index (Phi) is 3.48. The van der Waals surface area contributed by atoms with Gasteiger partial charge in [-0.1, -0.05) is 18.9 Å². The van der Waals surface area contributed by atoms with Crippen LogP contribution in [0.5, 0.6) is 5.75 Å². The normalized spacial score (nSPS) is 15.0. The highest BCUT2D eigenvalue weighted by Gasteiger charge is 2.15. The maximum Gasteiger partial charge on any atom is 0.122 e. The highest BCUT2D eigenvalue weighted by molar-refractivity contribution is 5.42. The molecule has 2 nitrogen and oxygen atoms in total. The summed E-state index contributed by atoms with van der Waals surface area (Å²) in [5, 5.41) is 3.35. The fourth-order valence-corrected chi connectivity index (χ4v) is 1.95. The molecule has 84 valence electrons. The smallest absolute Gasteiger partial charge is 0.122 e. The van der Waals surface area contributed by atoms with Gasteiger partial charge in [0.2, 0.25) is 0 Å². The summed E-state index contributed by atoms with van der Waals surface area (Å²) in [6.45, 7) is 3.88. The Balaban J connectivity index is 2.16. The molecule has 2 rings (SSSR count). The summed E-state index contributed by atoms with van der Waals surface area (Å²) >= 11 is 0. The molecule has 1 aliphatic heterocycles. The van der Waals surface area contributed by atoms with Gasteiger partial charge in [-0.15, -0.1) is 6.42 Å². The third-order valence-electron chi connectivity index (χ3n) is 2.81. The van der Waals surface area contributed by atoms with Crippen LogP contribution in [-0.2, 0) is 6.42 Å². The molecule has 0 saturated heterocycles. The van der Waals surface area contributed by atoms with Crippen LogP contribution in [0.3, 0.4) is 0 Å². The van der Waals surface area contributed by atoms with E-state index in [1.165, 1.54) is 11.1 Å². The zero-order chi connectivity index (χ0) is 11.4. The van der Waals surface area contributed by atoms with E-state index in [1.807, 2.05) is 6.07 Å². The molecule has 2 heteroatoms. The monoisotopic (exact) mass is 215 g/mol. The van der Waals surface area contributed by atoms with Crippen LogP contribution >= 0.6 is 0 Å². The highest BCUT2D eigenvalue weighted by Crippen LogP contribution is 2.27. The average molecular weight is 215 g/mol. The molecule has 0 fully saturated rings. The van der Waals surface area contributed by atoms with Crippen LogP contribution in [0, 0.1) is 12.3 Å². The first-order valence-electron chi connectivity index (χ1n) is 5.80. The first-order chi connectivity index (χ1) is 7.85. The van der Waals surface area contributed by atoms with E-state index in [2.05, 4.69) is 30.3 Å². The molecule has 0 amide bonds. The molecule has 0 bridgehead atoms. The quantitative estimate of drug-likeness (QED) is 0.778. The van der Waals surface area contributed by atoms with Crippen LogP contribution in [0.15, 0.2) is 18.2 Å². The summed E-state index contributed by atoms with van der Waals surface area (Å²) in [4.78, 5) is 0. The second-order valence-corrected chi connectivity index (χ2v) is 4.02. The van der Waals surface area contributed by atoms with Gasteiger partial charge in [-0.3, -0.25) is 0 Å². The van der Waals surface area contributed by atoms with Crippen molar-refractivity contribution in [2.45, 2.75) is 25.8 Å². The molecule has 1 aliphatic rings. The molecule has 0 spiro atoms. The minimum Gasteiger partial charge on any atom is -0.493 e. The van der Waals surface area contributed by atoms with Crippen molar-refractivity contribution in [2.75, 3.05) is 13.2 Å². The lowest BCUT2D eigenvalue weighted by Crippen LogP contribution is -2.20. The predicted molar refractivity (Wildman–Crippen MR) is 65.5 cm³/mol. The maximum absolute atomic E-state index is 5.55. The Labute approximate surface area is 97.0 Å². The zero-order valence-electron chi connectivity index (χ0n) is 9.62. The Morgan fingerprint density at radius 3 is 3.19 bits per heavy atom. The molecule has 1 heterocycles. The fraction of sp³-hybridized carbons (Fsp3) is 0.429. The van der Waals surface area contributed by atoms with E-state index in [9.17, 15) is 0 Å². The van der Waals surface area contributed by atoms with Crippen LogP contribution in [0.4, 0.5) is 0 Å². The van der Waals surface area contributed by atoms with Crippen molar-refractivity contribution in [3.05, 3.63) is 29.3 Å². The lowest BCUT2D eigenvalue weighted by atomic mass is 10.0. The van der Waals surface area contributed by atoms with Gasteiger partial charge in [0.15, 0.2) is 0 Å². The largest absolute Gasteiger partial charge is 0.493 e. The summed E-state index contributed by atoms with van der Waals surface area (Å²) in [5.74, 6) is 3.80. The van der Waals surface area contributed by atoms with Gasteiger partial charge in [-0.05, 0) is 36.2 Å². The first-order valence-corrected chi connectivity index (χ1v) is 5.80. The molecule has 0 saturated carbocycles. The number of terminal acetylenes is 1. The minimum atomic E-state index is 0.0193. The van der Waals surface area contributed by atoms with Crippen molar-refractivity contribution in [3.8, 4) is 18.1 Å². The lowest BCUT2D eigenvalue weighted by Gasteiger charge is -2.13. The number of ether oxygens (including phenoxy) is 1. The van der Waals surface area contributed by atoms with Gasteiger partial charge in [0.05, 0.1) is 12.6 Å². The fourth-order valence-electron chi connectivity index (χ4n) is 1.95. The summed E-state index contributed by atoms with van der Waals surface area (Å²) < 4.78 is 5.48. The van der Waals surface area contributed by atoms with Gasteiger partial charge in [0.1, 0.15) is 5.75 Å². The number of rotatable bonds is 4. The molecular formula is C14H17NO. The molecular weight excluding hydrogens is 198 g/mol. The van der Waals surface area contributed by atoms with Gasteiger partial charge in [-0.25, -0.2) is 0 Å². The third kappa shape index (κ3) is 2.20. The lowest BCUT2D eigenvalue weighted by molar-refractivity contribution is 0.357. The van der Waals surface area contributed by atoms with Crippen LogP contribution in [-0.4, -0.2) is 13.2 Å². The molecule has 0 aliphatic carbocycles. The number of hydrogen-bond donors (Lipinski definition) is 1. The van der Waals surface area contributed by atoms with Crippen molar-refractivity contribution < 1.29 is 4.74 Å². The van der Waals surface area contributed by atoms with Gasteiger partial charge in [0.25, 0.3) is 0 Å². The summed E-state index contributed by atoms with van der Waals surface area (Å²) in [6.07, 6.45) is 7.63. The molecule has 0 radical (unpaired) electrons. The molecule has 1 N–H and O–H groups in total. The average Bonchev–Trinajstić information content (AvgIpc) is 2.77. The van der Waals surface area contributed by atoms with Crippen molar-refractivity contribution in [3.63, 3.8) is 0 Å². The first kappa shape index (κ1) is 11.0. The maximum atomic E-state index is 5.55. The van der Waals surface area contributed by atoms with E-state index in [0.29, 0.717) is 0 Å². The number of hydrogen-bond acceptors (Lipinski definition) is 2. The predicted octanol–water partition coefficient (Wildman–Crippen LogP) is 2.30. The Bertz CT molecular complexity index is 406. The van der Waals surface area contributed by atoms with Crippen molar-refractivity contribution in [1.29, 1.82) is 0 Å². The minimum absolute atomic E-state index is 0.0193. The van der Waals surface area contributed by atoms with E-state index in [1.54, 1.807) is 0 Å². The van der Waals surface area contributed by atoms with Crippen LogP contribution < -0.4 is 10.1 Å². The second-order valence-electron chi connectivity index (χ2n) is 4.02. The van der Waals surface area contributed by atoms with Crippen molar-refractivity contribution >= 4 is 0 Å². The van der Waals surface area contributed by atoms with Crippen molar-refractivity contribution in [1.82, 2.24) is 5.32 Å². The van der Waals surface area contributed by atoms with Gasteiger partial charge < -0.3 is 10.1 Å². The van der Waals surface area contributed by atoms with E-state index >= 15 is 0 Å². The summed E-state index contributed by atoms with van der Waals surface area (Å²) in [7, 11) is 0. The summed E-state index contributed by atoms with van der Waals surface area (Å²) in [6, 6.07) is 6.26. The van der Waals surface area contributed by atoms with Gasteiger partial charge >= 0.3 is 0 Å². The standard InChI is InChI=1S/C14H17NO/c1-3-8-15-13(4-2)11-5-6-14-12(10-11)7-9-16-14/h2,5-6,10,13,15H,3,7-9H2,1H3. The SMILES string of the molecule is C#CC(NCCC)c1ccc2c(c1)CCO2. The molecule has 1 atom stereocenters. The Morgan fingerprint density at radius 1 is 1.56 bits per heavy atom. The molecule has 1 unspecified atom stereocenters. The number of fused-ring (bicyclic) bond motifs is 1. The zero-order valence-corrected chi connectivity index (χ0v) is 9.62.